The SMILES string of the molecule is Cc1ccc(-n2c(=O)c3ccccc3n(Cc3cccc([N+](=O)[O-])c3)c2=O)cc1. The summed E-state index contributed by atoms with van der Waals surface area (Å²) in [7, 11) is 0. The summed E-state index contributed by atoms with van der Waals surface area (Å²) < 4.78 is 2.61. The van der Waals surface area contributed by atoms with Crippen LogP contribution in [0.25, 0.3) is 16.6 Å². The van der Waals surface area contributed by atoms with E-state index in [-0.39, 0.29) is 12.2 Å². The third kappa shape index (κ3) is 3.34. The molecule has 3 aromatic carbocycles. The number of nitro benzene ring substituents is 1. The van der Waals surface area contributed by atoms with E-state index in [9.17, 15) is 19.7 Å². The Kier molecular flexibility index (Phi) is 4.56. The first-order chi connectivity index (χ1) is 14.0. The van der Waals surface area contributed by atoms with E-state index in [0.29, 0.717) is 22.2 Å². The molecule has 0 amide bonds. The largest absolute Gasteiger partial charge is 0.336 e. The van der Waals surface area contributed by atoms with Crippen LogP contribution in [0.1, 0.15) is 11.1 Å². The van der Waals surface area contributed by atoms with Gasteiger partial charge in [-0.25, -0.2) is 9.36 Å². The fourth-order valence-corrected chi connectivity index (χ4v) is 3.35. The zero-order chi connectivity index (χ0) is 20.5. The first-order valence-electron chi connectivity index (χ1n) is 9.00. The van der Waals surface area contributed by atoms with Gasteiger partial charge in [0.25, 0.3) is 11.2 Å². The molecule has 0 spiro atoms. The number of aryl methyl sites for hydroxylation is 1. The van der Waals surface area contributed by atoms with Crippen LogP contribution in [-0.4, -0.2) is 14.1 Å². The Balaban J connectivity index is 1.97. The standard InChI is InChI=1S/C22H17N3O4/c1-15-9-11-17(12-10-15)24-21(26)19-7-2-3-8-20(19)23(22(24)27)14-16-5-4-6-18(13-16)25(28)29/h2-13H,14H2,1H3. The lowest BCUT2D eigenvalue weighted by atomic mass is 10.1. The van der Waals surface area contributed by atoms with E-state index >= 15 is 0 Å². The van der Waals surface area contributed by atoms with Crippen molar-refractivity contribution in [3.63, 3.8) is 0 Å². The van der Waals surface area contributed by atoms with Crippen molar-refractivity contribution in [2.24, 2.45) is 0 Å². The number of nitro groups is 1. The predicted molar refractivity (Wildman–Crippen MR) is 111 cm³/mol. The summed E-state index contributed by atoms with van der Waals surface area (Å²) in [6.45, 7) is 2.03. The van der Waals surface area contributed by atoms with Gasteiger partial charge in [0, 0.05) is 12.1 Å². The highest BCUT2D eigenvalue weighted by atomic mass is 16.6. The monoisotopic (exact) mass is 387 g/mol. The maximum Gasteiger partial charge on any atom is 0.336 e. The summed E-state index contributed by atoms with van der Waals surface area (Å²) in [5, 5.41) is 11.5. The zero-order valence-corrected chi connectivity index (χ0v) is 15.6. The fraction of sp³-hybridized carbons (Fsp3) is 0.0909. The molecular weight excluding hydrogens is 370 g/mol. The molecule has 0 aliphatic carbocycles. The van der Waals surface area contributed by atoms with Gasteiger partial charge in [-0.05, 0) is 36.8 Å². The van der Waals surface area contributed by atoms with Gasteiger partial charge in [-0.15, -0.1) is 0 Å². The molecule has 4 rings (SSSR count). The number of benzene rings is 3. The van der Waals surface area contributed by atoms with Crippen LogP contribution in [0.15, 0.2) is 82.4 Å². The topological polar surface area (TPSA) is 87.1 Å². The van der Waals surface area contributed by atoms with Gasteiger partial charge in [0.05, 0.1) is 28.1 Å². The van der Waals surface area contributed by atoms with Gasteiger partial charge < -0.3 is 0 Å². The highest BCUT2D eigenvalue weighted by Gasteiger charge is 2.15. The molecule has 1 heterocycles. The lowest BCUT2D eigenvalue weighted by Crippen LogP contribution is -2.39. The lowest BCUT2D eigenvalue weighted by Gasteiger charge is -2.14. The molecular formula is C22H17N3O4. The number of aromatic nitrogens is 2. The molecule has 0 unspecified atom stereocenters. The predicted octanol–water partition coefficient (Wildman–Crippen LogP) is 3.42. The summed E-state index contributed by atoms with van der Waals surface area (Å²) in [6, 6.07) is 20.1. The highest BCUT2D eigenvalue weighted by molar-refractivity contribution is 5.78. The van der Waals surface area contributed by atoms with Crippen LogP contribution in [0, 0.1) is 17.0 Å². The second-order valence-electron chi connectivity index (χ2n) is 6.79. The van der Waals surface area contributed by atoms with Gasteiger partial charge >= 0.3 is 5.69 Å². The van der Waals surface area contributed by atoms with Crippen LogP contribution in [0.2, 0.25) is 0 Å². The quantitative estimate of drug-likeness (QED) is 0.397. The second-order valence-corrected chi connectivity index (χ2v) is 6.79. The Morgan fingerprint density at radius 1 is 0.931 bits per heavy atom. The molecule has 0 aliphatic rings. The molecule has 0 atom stereocenters. The summed E-state index contributed by atoms with van der Waals surface area (Å²) in [4.78, 5) is 37.0. The van der Waals surface area contributed by atoms with Crippen molar-refractivity contribution in [1.82, 2.24) is 9.13 Å². The van der Waals surface area contributed by atoms with E-state index in [1.165, 1.54) is 16.7 Å². The summed E-state index contributed by atoms with van der Waals surface area (Å²) in [5.41, 5.74) is 1.63. The molecule has 144 valence electrons. The molecule has 0 saturated heterocycles. The van der Waals surface area contributed by atoms with Crippen molar-refractivity contribution in [3.05, 3.63) is 115 Å². The first kappa shape index (κ1) is 18.4. The average molecular weight is 387 g/mol. The molecule has 0 fully saturated rings. The zero-order valence-electron chi connectivity index (χ0n) is 15.6. The number of nitrogens with zero attached hydrogens (tertiary/aromatic N) is 3. The number of hydrogen-bond acceptors (Lipinski definition) is 4. The van der Waals surface area contributed by atoms with E-state index < -0.39 is 16.2 Å². The van der Waals surface area contributed by atoms with Gasteiger partial charge in [-0.3, -0.25) is 19.5 Å². The van der Waals surface area contributed by atoms with Crippen LogP contribution < -0.4 is 11.2 Å². The lowest BCUT2D eigenvalue weighted by molar-refractivity contribution is -0.384. The van der Waals surface area contributed by atoms with Gasteiger partial charge in [0.1, 0.15) is 0 Å². The van der Waals surface area contributed by atoms with Crippen molar-refractivity contribution in [3.8, 4) is 5.69 Å². The minimum Gasteiger partial charge on any atom is -0.288 e. The van der Waals surface area contributed by atoms with Crippen LogP contribution in [0.4, 0.5) is 5.69 Å². The van der Waals surface area contributed by atoms with Crippen LogP contribution in [-0.2, 0) is 6.54 Å². The van der Waals surface area contributed by atoms with Gasteiger partial charge in [-0.1, -0.05) is 42.0 Å². The van der Waals surface area contributed by atoms with Gasteiger partial charge in [0.2, 0.25) is 0 Å². The van der Waals surface area contributed by atoms with E-state index in [0.717, 1.165) is 10.1 Å². The maximum absolute atomic E-state index is 13.3. The van der Waals surface area contributed by atoms with Crippen molar-refractivity contribution >= 4 is 16.6 Å². The number of hydrogen-bond donors (Lipinski definition) is 0. The van der Waals surface area contributed by atoms with Crippen molar-refractivity contribution in [2.75, 3.05) is 0 Å². The van der Waals surface area contributed by atoms with Gasteiger partial charge in [0.15, 0.2) is 0 Å². The number of para-hydroxylation sites is 1. The molecule has 0 radical (unpaired) electrons. The van der Waals surface area contributed by atoms with Gasteiger partial charge in [-0.2, -0.15) is 0 Å². The molecule has 0 N–H and O–H groups in total. The number of non-ortho nitro benzene ring substituents is 1. The molecule has 29 heavy (non-hydrogen) atoms. The summed E-state index contributed by atoms with van der Waals surface area (Å²) >= 11 is 0. The summed E-state index contributed by atoms with van der Waals surface area (Å²) in [5.74, 6) is 0. The van der Waals surface area contributed by atoms with Crippen molar-refractivity contribution in [2.45, 2.75) is 13.5 Å². The Morgan fingerprint density at radius 3 is 2.38 bits per heavy atom. The number of fused-ring (bicyclic) bond motifs is 1. The molecule has 0 bridgehead atoms. The fourth-order valence-electron chi connectivity index (χ4n) is 3.35. The molecule has 4 aromatic rings. The molecule has 0 aliphatic heterocycles. The minimum atomic E-state index is -0.496. The smallest absolute Gasteiger partial charge is 0.288 e. The minimum absolute atomic E-state index is 0.0493. The van der Waals surface area contributed by atoms with Crippen molar-refractivity contribution < 1.29 is 4.92 Å². The molecule has 7 heteroatoms. The Bertz CT molecular complexity index is 1350. The van der Waals surface area contributed by atoms with Crippen LogP contribution in [0.3, 0.4) is 0 Å². The van der Waals surface area contributed by atoms with Crippen LogP contribution in [0.5, 0.6) is 0 Å². The molecule has 7 nitrogen and oxygen atoms in total. The first-order valence-corrected chi connectivity index (χ1v) is 9.00. The van der Waals surface area contributed by atoms with E-state index in [1.54, 1.807) is 48.5 Å². The van der Waals surface area contributed by atoms with E-state index in [1.807, 2.05) is 19.1 Å². The molecule has 1 aromatic heterocycles. The third-order valence-corrected chi connectivity index (χ3v) is 4.80. The highest BCUT2D eigenvalue weighted by Crippen LogP contribution is 2.16. The Labute approximate surface area is 165 Å². The van der Waals surface area contributed by atoms with E-state index in [2.05, 4.69) is 0 Å². The Hall–Kier alpha value is -4.00. The normalized spacial score (nSPS) is 10.9. The molecule has 0 saturated carbocycles. The maximum atomic E-state index is 13.3. The third-order valence-electron chi connectivity index (χ3n) is 4.80. The van der Waals surface area contributed by atoms with E-state index in [4.69, 9.17) is 0 Å². The Morgan fingerprint density at radius 2 is 1.66 bits per heavy atom. The van der Waals surface area contributed by atoms with Crippen molar-refractivity contribution in [1.29, 1.82) is 0 Å². The average Bonchev–Trinajstić information content (AvgIpc) is 2.73. The summed E-state index contributed by atoms with van der Waals surface area (Å²) in [6.07, 6.45) is 0. The second kappa shape index (κ2) is 7.20. The number of rotatable bonds is 4. The van der Waals surface area contributed by atoms with Crippen LogP contribution >= 0.6 is 0 Å².